The van der Waals surface area contributed by atoms with Crippen molar-refractivity contribution in [2.45, 2.75) is 17.7 Å². The Kier molecular flexibility index (Phi) is 4.74. The average molecular weight is 229 g/mol. The molecule has 1 aromatic carbocycles. The molecule has 1 aliphatic rings. The van der Waals surface area contributed by atoms with Crippen molar-refractivity contribution in [3.8, 4) is 0 Å². The molecule has 0 atom stereocenters. The second-order valence-electron chi connectivity index (χ2n) is 3.34. The highest BCUT2D eigenvalue weighted by Crippen LogP contribution is 2.04. The maximum Gasteiger partial charge on any atom is 0.124 e. The van der Waals surface area contributed by atoms with Gasteiger partial charge in [0.1, 0.15) is 10.1 Å². The van der Waals surface area contributed by atoms with E-state index in [-0.39, 0.29) is 4.90 Å². The summed E-state index contributed by atoms with van der Waals surface area (Å²) in [4.78, 5) is -0.185. The van der Waals surface area contributed by atoms with E-state index in [9.17, 15) is 13.0 Å². The van der Waals surface area contributed by atoms with E-state index in [4.69, 9.17) is 0 Å². The molecule has 0 spiro atoms. The number of hydrogen-bond acceptors (Lipinski definition) is 3. The van der Waals surface area contributed by atoms with Gasteiger partial charge in [0.05, 0.1) is 18.0 Å². The van der Waals surface area contributed by atoms with Gasteiger partial charge in [-0.15, -0.1) is 0 Å². The molecule has 4 nitrogen and oxygen atoms in total. The second-order valence-corrected chi connectivity index (χ2v) is 4.72. The van der Waals surface area contributed by atoms with E-state index in [1.807, 2.05) is 0 Å². The zero-order valence-corrected chi connectivity index (χ0v) is 9.24. The molecular formula is C10H15NO3S. The summed E-state index contributed by atoms with van der Waals surface area (Å²) in [5, 5.41) is 2.36. The van der Waals surface area contributed by atoms with E-state index in [1.165, 1.54) is 50.2 Å². The zero-order valence-electron chi connectivity index (χ0n) is 8.43. The van der Waals surface area contributed by atoms with Crippen LogP contribution in [0.25, 0.3) is 0 Å². The van der Waals surface area contributed by atoms with Crippen molar-refractivity contribution in [3.05, 3.63) is 30.3 Å². The number of hydrogen-bond donors (Lipinski definition) is 1. The normalized spacial score (nSPS) is 15.5. The summed E-state index contributed by atoms with van der Waals surface area (Å²) >= 11 is 0. The molecule has 0 amide bonds. The van der Waals surface area contributed by atoms with Crippen LogP contribution in [-0.2, 0) is 10.1 Å². The van der Waals surface area contributed by atoms with Gasteiger partial charge in [-0.1, -0.05) is 18.2 Å². The molecular weight excluding hydrogens is 214 g/mol. The Balaban J connectivity index is 0.000000187. The van der Waals surface area contributed by atoms with Crippen molar-refractivity contribution in [3.63, 3.8) is 0 Å². The number of rotatable bonds is 1. The number of benzene rings is 1. The Morgan fingerprint density at radius 3 is 1.87 bits per heavy atom. The standard InChI is InChI=1S/C6H6O3S.C4H9N/c7-10(8,9)6-4-2-1-3-5-6;1-2-4-5-3-1/h1-5H,(H,7,8,9);5H,1-4H2. The molecule has 0 unspecified atom stereocenters. The predicted molar refractivity (Wildman–Crippen MR) is 55.3 cm³/mol. The molecule has 5 heteroatoms. The van der Waals surface area contributed by atoms with Crippen LogP contribution in [-0.4, -0.2) is 26.1 Å². The maximum atomic E-state index is 10.3. The molecule has 1 aliphatic heterocycles. The van der Waals surface area contributed by atoms with E-state index in [1.54, 1.807) is 6.07 Å². The van der Waals surface area contributed by atoms with Gasteiger partial charge in [-0.3, -0.25) is 0 Å². The summed E-state index contributed by atoms with van der Waals surface area (Å²) in [6.07, 6.45) is 2.89. The summed E-state index contributed by atoms with van der Waals surface area (Å²) in [6, 6.07) is 7.19. The lowest BCUT2D eigenvalue weighted by Gasteiger charge is -2.04. The van der Waals surface area contributed by atoms with Crippen LogP contribution in [0.2, 0.25) is 0 Å². The highest BCUT2D eigenvalue weighted by atomic mass is 32.2. The minimum atomic E-state index is -4.25. The summed E-state index contributed by atoms with van der Waals surface area (Å²) in [7, 11) is -4.25. The van der Waals surface area contributed by atoms with Crippen LogP contribution in [0.4, 0.5) is 0 Å². The molecule has 1 aromatic rings. The van der Waals surface area contributed by atoms with Crippen LogP contribution < -0.4 is 5.32 Å². The Bertz CT molecular complexity index is 363. The molecule has 0 radical (unpaired) electrons. The Morgan fingerprint density at radius 1 is 1.07 bits per heavy atom. The van der Waals surface area contributed by atoms with E-state index < -0.39 is 10.1 Å². The third-order valence-electron chi connectivity index (χ3n) is 2.10. The molecule has 0 aromatic heterocycles. The lowest BCUT2D eigenvalue weighted by molar-refractivity contribution is -0.635. The lowest BCUT2D eigenvalue weighted by atomic mass is 10.4. The molecule has 15 heavy (non-hydrogen) atoms. The van der Waals surface area contributed by atoms with Crippen LogP contribution in [0.15, 0.2) is 35.2 Å². The van der Waals surface area contributed by atoms with Gasteiger partial charge < -0.3 is 9.87 Å². The summed E-state index contributed by atoms with van der Waals surface area (Å²) < 4.78 is 30.8. The van der Waals surface area contributed by atoms with Gasteiger partial charge in [0, 0.05) is 12.8 Å². The molecule has 2 N–H and O–H groups in total. The monoisotopic (exact) mass is 229 g/mol. The quantitative estimate of drug-likeness (QED) is 0.685. The van der Waals surface area contributed by atoms with E-state index in [0.29, 0.717) is 0 Å². The molecule has 1 saturated heterocycles. The van der Waals surface area contributed by atoms with E-state index >= 15 is 0 Å². The number of nitrogens with two attached hydrogens (primary N) is 1. The van der Waals surface area contributed by atoms with Gasteiger partial charge in [0.25, 0.3) is 0 Å². The van der Waals surface area contributed by atoms with Gasteiger partial charge in [-0.05, 0) is 12.1 Å². The summed E-state index contributed by atoms with van der Waals surface area (Å²) in [5.41, 5.74) is 0. The highest BCUT2D eigenvalue weighted by Gasteiger charge is 1.97. The minimum absolute atomic E-state index is 0.185. The van der Waals surface area contributed by atoms with Gasteiger partial charge in [-0.25, -0.2) is 8.42 Å². The molecule has 0 aliphatic carbocycles. The van der Waals surface area contributed by atoms with Crippen LogP contribution in [0, 0.1) is 0 Å². The molecule has 0 saturated carbocycles. The van der Waals surface area contributed by atoms with Crippen LogP contribution in [0.5, 0.6) is 0 Å². The number of quaternary nitrogens is 1. The first kappa shape index (κ1) is 12.2. The van der Waals surface area contributed by atoms with Gasteiger partial charge in [0.15, 0.2) is 0 Å². The van der Waals surface area contributed by atoms with E-state index in [2.05, 4.69) is 5.32 Å². The smallest absolute Gasteiger partial charge is 0.124 e. The van der Waals surface area contributed by atoms with Crippen LogP contribution in [0.3, 0.4) is 0 Å². The average Bonchev–Trinajstić information content (AvgIpc) is 2.76. The predicted octanol–water partition coefficient (Wildman–Crippen LogP) is -0.0657. The highest BCUT2D eigenvalue weighted by molar-refractivity contribution is 7.85. The van der Waals surface area contributed by atoms with E-state index in [0.717, 1.165) is 0 Å². The van der Waals surface area contributed by atoms with Gasteiger partial charge in [0.2, 0.25) is 0 Å². The maximum absolute atomic E-state index is 10.3. The lowest BCUT2D eigenvalue weighted by Crippen LogP contribution is -2.80. The summed E-state index contributed by atoms with van der Waals surface area (Å²) in [5.74, 6) is 0. The fraction of sp³-hybridized carbons (Fsp3) is 0.400. The molecule has 0 bridgehead atoms. The third-order valence-corrected chi connectivity index (χ3v) is 2.95. The first-order valence-corrected chi connectivity index (χ1v) is 6.34. The van der Waals surface area contributed by atoms with Crippen molar-refractivity contribution in [2.75, 3.05) is 13.1 Å². The first-order valence-electron chi connectivity index (χ1n) is 4.93. The van der Waals surface area contributed by atoms with Gasteiger partial charge >= 0.3 is 0 Å². The minimum Gasteiger partial charge on any atom is -0.744 e. The van der Waals surface area contributed by atoms with Crippen molar-refractivity contribution < 1.29 is 18.3 Å². The molecule has 2 rings (SSSR count). The molecule has 1 fully saturated rings. The fourth-order valence-electron chi connectivity index (χ4n) is 1.31. The Hall–Kier alpha value is -0.910. The fourth-order valence-corrected chi connectivity index (χ4v) is 1.80. The largest absolute Gasteiger partial charge is 0.744 e. The van der Waals surface area contributed by atoms with Crippen LogP contribution in [0.1, 0.15) is 12.8 Å². The van der Waals surface area contributed by atoms with Crippen molar-refractivity contribution in [1.29, 1.82) is 0 Å². The SMILES string of the molecule is C1CC[NH2+]C1.O=S(=O)([O-])c1ccccc1. The molecule has 1 heterocycles. The van der Waals surface area contributed by atoms with Crippen molar-refractivity contribution in [1.82, 2.24) is 0 Å². The first-order chi connectivity index (χ1) is 7.11. The topological polar surface area (TPSA) is 73.8 Å². The summed E-state index contributed by atoms with van der Waals surface area (Å²) in [6.45, 7) is 2.75. The second kappa shape index (κ2) is 5.85. The zero-order chi connectivity index (χ0) is 11.1. The molecule has 84 valence electrons. The van der Waals surface area contributed by atoms with Crippen LogP contribution >= 0.6 is 0 Å². The Morgan fingerprint density at radius 2 is 1.60 bits per heavy atom. The Labute approximate surface area is 90.1 Å². The van der Waals surface area contributed by atoms with Crippen molar-refractivity contribution in [2.24, 2.45) is 0 Å². The third kappa shape index (κ3) is 4.92. The van der Waals surface area contributed by atoms with Crippen molar-refractivity contribution >= 4 is 10.1 Å². The van der Waals surface area contributed by atoms with Gasteiger partial charge in [-0.2, -0.15) is 0 Å².